The second-order valence-corrected chi connectivity index (χ2v) is 7.38. The van der Waals surface area contributed by atoms with Gasteiger partial charge in [0.15, 0.2) is 0 Å². The van der Waals surface area contributed by atoms with Crippen LogP contribution < -0.4 is 0 Å². The summed E-state index contributed by atoms with van der Waals surface area (Å²) in [4.78, 5) is 17.9. The SMILES string of the molecule is CN(C)C(=O)Cn1ccc2ncc(-c3cc(Cl)sc3Cl)cc21. The Kier molecular flexibility index (Phi) is 4.12. The van der Waals surface area contributed by atoms with Gasteiger partial charge in [0.2, 0.25) is 5.91 Å². The molecule has 0 unspecified atom stereocenters. The molecule has 0 spiro atoms. The first-order chi connectivity index (χ1) is 10.5. The molecule has 0 aliphatic rings. The minimum atomic E-state index is 0.0273. The molecular formula is C15H13Cl2N3OS. The maximum Gasteiger partial charge on any atom is 0.241 e. The van der Waals surface area contributed by atoms with E-state index in [4.69, 9.17) is 23.2 Å². The van der Waals surface area contributed by atoms with Gasteiger partial charge in [0.05, 0.1) is 15.4 Å². The van der Waals surface area contributed by atoms with Crippen molar-refractivity contribution >= 4 is 51.5 Å². The number of thiophene rings is 1. The normalized spacial score (nSPS) is 11.1. The number of aromatic nitrogens is 2. The van der Waals surface area contributed by atoms with Crippen molar-refractivity contribution in [1.82, 2.24) is 14.5 Å². The van der Waals surface area contributed by atoms with Crippen molar-refractivity contribution in [2.75, 3.05) is 14.1 Å². The Morgan fingerprint density at radius 1 is 1.36 bits per heavy atom. The van der Waals surface area contributed by atoms with E-state index in [-0.39, 0.29) is 12.5 Å². The lowest BCUT2D eigenvalue weighted by Crippen LogP contribution is -2.25. The average Bonchev–Trinajstić information content (AvgIpc) is 3.01. The lowest BCUT2D eigenvalue weighted by Gasteiger charge is -2.11. The highest BCUT2D eigenvalue weighted by atomic mass is 35.5. The van der Waals surface area contributed by atoms with Crippen molar-refractivity contribution < 1.29 is 4.79 Å². The van der Waals surface area contributed by atoms with Gasteiger partial charge in [0, 0.05) is 37.6 Å². The summed E-state index contributed by atoms with van der Waals surface area (Å²) in [7, 11) is 3.48. The molecule has 0 atom stereocenters. The fourth-order valence-electron chi connectivity index (χ4n) is 2.17. The molecule has 22 heavy (non-hydrogen) atoms. The van der Waals surface area contributed by atoms with Crippen molar-refractivity contribution in [3.63, 3.8) is 0 Å². The van der Waals surface area contributed by atoms with Gasteiger partial charge in [0.1, 0.15) is 10.9 Å². The summed E-state index contributed by atoms with van der Waals surface area (Å²) in [6, 6.07) is 5.70. The number of pyridine rings is 1. The number of halogens is 2. The van der Waals surface area contributed by atoms with Gasteiger partial charge in [-0.1, -0.05) is 23.2 Å². The van der Waals surface area contributed by atoms with Crippen LogP contribution in [0.4, 0.5) is 0 Å². The molecule has 0 bridgehead atoms. The van der Waals surface area contributed by atoms with Gasteiger partial charge >= 0.3 is 0 Å². The summed E-state index contributed by atoms with van der Waals surface area (Å²) in [5.41, 5.74) is 3.48. The predicted molar refractivity (Wildman–Crippen MR) is 91.8 cm³/mol. The van der Waals surface area contributed by atoms with E-state index in [1.54, 1.807) is 25.2 Å². The largest absolute Gasteiger partial charge is 0.347 e. The number of amides is 1. The number of likely N-dealkylation sites (N-methyl/N-ethyl adjacent to an activating group) is 1. The molecule has 0 aliphatic heterocycles. The molecule has 0 N–H and O–H groups in total. The summed E-state index contributed by atoms with van der Waals surface area (Å²) in [5.74, 6) is 0.0273. The molecule has 114 valence electrons. The maximum atomic E-state index is 11.9. The Morgan fingerprint density at radius 3 is 2.77 bits per heavy atom. The minimum absolute atomic E-state index is 0.0273. The number of carbonyl (C=O) groups excluding carboxylic acids is 1. The quantitative estimate of drug-likeness (QED) is 0.708. The molecule has 7 heteroatoms. The van der Waals surface area contributed by atoms with E-state index >= 15 is 0 Å². The second kappa shape index (κ2) is 5.91. The highest BCUT2D eigenvalue weighted by molar-refractivity contribution is 7.20. The molecule has 0 aliphatic carbocycles. The molecule has 3 heterocycles. The van der Waals surface area contributed by atoms with Crippen LogP contribution in [0.25, 0.3) is 22.2 Å². The van der Waals surface area contributed by atoms with Gasteiger partial charge in [-0.15, -0.1) is 11.3 Å². The van der Waals surface area contributed by atoms with Gasteiger partial charge in [-0.2, -0.15) is 0 Å². The zero-order valence-electron chi connectivity index (χ0n) is 12.0. The Morgan fingerprint density at radius 2 is 2.14 bits per heavy atom. The van der Waals surface area contributed by atoms with E-state index in [0.29, 0.717) is 8.67 Å². The van der Waals surface area contributed by atoms with Gasteiger partial charge in [-0.3, -0.25) is 9.78 Å². The van der Waals surface area contributed by atoms with Gasteiger partial charge in [-0.25, -0.2) is 0 Å². The summed E-state index contributed by atoms with van der Waals surface area (Å²) >= 11 is 13.5. The highest BCUT2D eigenvalue weighted by Gasteiger charge is 2.13. The van der Waals surface area contributed by atoms with Crippen LogP contribution in [0, 0.1) is 0 Å². The average molecular weight is 354 g/mol. The number of hydrogen-bond donors (Lipinski definition) is 0. The minimum Gasteiger partial charge on any atom is -0.347 e. The molecule has 4 nitrogen and oxygen atoms in total. The van der Waals surface area contributed by atoms with Crippen LogP contribution in [0.3, 0.4) is 0 Å². The highest BCUT2D eigenvalue weighted by Crippen LogP contribution is 2.38. The van der Waals surface area contributed by atoms with Gasteiger partial charge < -0.3 is 9.47 Å². The van der Waals surface area contributed by atoms with Crippen LogP contribution in [0.5, 0.6) is 0 Å². The van der Waals surface area contributed by atoms with Gasteiger partial charge in [0.25, 0.3) is 0 Å². The number of hydrogen-bond acceptors (Lipinski definition) is 3. The molecule has 0 aromatic carbocycles. The van der Waals surface area contributed by atoms with Crippen LogP contribution in [-0.4, -0.2) is 34.5 Å². The molecule has 1 amide bonds. The number of rotatable bonds is 3. The predicted octanol–water partition coefficient (Wildman–Crippen LogP) is 4.16. The molecule has 0 fully saturated rings. The molecule has 0 saturated carbocycles. The first kappa shape index (κ1) is 15.3. The zero-order chi connectivity index (χ0) is 15.9. The third-order valence-electron chi connectivity index (χ3n) is 3.39. The first-order valence-corrected chi connectivity index (χ1v) is 8.13. The van der Waals surface area contributed by atoms with Crippen LogP contribution in [0.1, 0.15) is 0 Å². The molecule has 0 radical (unpaired) electrons. The van der Waals surface area contributed by atoms with Crippen LogP contribution in [0.2, 0.25) is 8.67 Å². The molecule has 3 aromatic heterocycles. The van der Waals surface area contributed by atoms with Gasteiger partial charge in [-0.05, 0) is 18.2 Å². The Labute approximate surface area is 141 Å². The summed E-state index contributed by atoms with van der Waals surface area (Å²) in [5, 5.41) is 0. The molecule has 3 rings (SSSR count). The van der Waals surface area contributed by atoms with Crippen molar-refractivity contribution in [1.29, 1.82) is 0 Å². The van der Waals surface area contributed by atoms with Crippen LogP contribution in [-0.2, 0) is 11.3 Å². The first-order valence-electron chi connectivity index (χ1n) is 6.56. The van der Waals surface area contributed by atoms with Crippen molar-refractivity contribution in [3.8, 4) is 11.1 Å². The number of nitrogens with zero attached hydrogens (tertiary/aromatic N) is 3. The number of fused-ring (bicyclic) bond motifs is 1. The fraction of sp³-hybridized carbons (Fsp3) is 0.200. The Balaban J connectivity index is 2.05. The Hall–Kier alpha value is -1.56. The lowest BCUT2D eigenvalue weighted by atomic mass is 10.1. The van der Waals surface area contributed by atoms with Crippen LogP contribution in [0.15, 0.2) is 30.6 Å². The van der Waals surface area contributed by atoms with E-state index in [0.717, 1.165) is 22.2 Å². The maximum absolute atomic E-state index is 11.9. The monoisotopic (exact) mass is 353 g/mol. The van der Waals surface area contributed by atoms with Crippen molar-refractivity contribution in [3.05, 3.63) is 39.3 Å². The lowest BCUT2D eigenvalue weighted by molar-refractivity contribution is -0.129. The topological polar surface area (TPSA) is 38.1 Å². The van der Waals surface area contributed by atoms with Crippen molar-refractivity contribution in [2.45, 2.75) is 6.54 Å². The fourth-order valence-corrected chi connectivity index (χ4v) is 3.68. The Bertz CT molecular complexity index is 854. The summed E-state index contributed by atoms with van der Waals surface area (Å²) in [6.07, 6.45) is 3.63. The van der Waals surface area contributed by atoms with E-state index < -0.39 is 0 Å². The standard InChI is InChI=1S/C15H13Cl2N3OS/c1-19(2)14(21)8-20-4-3-11-12(20)5-9(7-18-11)10-6-13(16)22-15(10)17/h3-7H,8H2,1-2H3. The second-order valence-electron chi connectivity index (χ2n) is 5.10. The zero-order valence-corrected chi connectivity index (χ0v) is 14.3. The third kappa shape index (κ3) is 2.84. The van der Waals surface area contributed by atoms with Crippen molar-refractivity contribution in [2.24, 2.45) is 0 Å². The smallest absolute Gasteiger partial charge is 0.241 e. The number of carbonyl (C=O) groups is 1. The van der Waals surface area contributed by atoms with E-state index in [1.165, 1.54) is 11.3 Å². The van der Waals surface area contributed by atoms with E-state index in [2.05, 4.69) is 4.98 Å². The third-order valence-corrected chi connectivity index (χ3v) is 4.88. The summed E-state index contributed by atoms with van der Waals surface area (Å²) in [6.45, 7) is 0.278. The van der Waals surface area contributed by atoms with Crippen LogP contribution >= 0.6 is 34.5 Å². The molecule has 0 saturated heterocycles. The van der Waals surface area contributed by atoms with E-state index in [9.17, 15) is 4.79 Å². The summed E-state index contributed by atoms with van der Waals surface area (Å²) < 4.78 is 3.16. The molecule has 3 aromatic rings. The molecular weight excluding hydrogens is 341 g/mol. The van der Waals surface area contributed by atoms with E-state index in [1.807, 2.05) is 29.0 Å².